The smallest absolute Gasteiger partial charge is 0.328 e. The summed E-state index contributed by atoms with van der Waals surface area (Å²) in [5.74, 6) is 0.340. The summed E-state index contributed by atoms with van der Waals surface area (Å²) in [6, 6.07) is 6.58. The van der Waals surface area contributed by atoms with Gasteiger partial charge < -0.3 is 15.4 Å². The van der Waals surface area contributed by atoms with Gasteiger partial charge in [-0.2, -0.15) is 11.8 Å². The van der Waals surface area contributed by atoms with Crippen molar-refractivity contribution in [3.63, 3.8) is 0 Å². The predicted molar refractivity (Wildman–Crippen MR) is 86.8 cm³/mol. The maximum atomic E-state index is 12.0. The number of rotatable bonds is 7. The van der Waals surface area contributed by atoms with E-state index in [-0.39, 0.29) is 0 Å². The highest BCUT2D eigenvalue weighted by Gasteiger charge is 2.20. The van der Waals surface area contributed by atoms with Crippen LogP contribution in [0.2, 0.25) is 0 Å². The number of urea groups is 1. The highest BCUT2D eigenvalue weighted by molar-refractivity contribution is 7.98. The van der Waals surface area contributed by atoms with Gasteiger partial charge in [-0.3, -0.25) is 0 Å². The number of anilines is 1. The molecule has 0 spiro atoms. The highest BCUT2D eigenvalue weighted by Crippen LogP contribution is 2.11. The topological polar surface area (TPSA) is 67.4 Å². The number of esters is 1. The van der Waals surface area contributed by atoms with Crippen molar-refractivity contribution in [1.82, 2.24) is 5.32 Å². The van der Waals surface area contributed by atoms with Gasteiger partial charge in [0.2, 0.25) is 0 Å². The van der Waals surface area contributed by atoms with Crippen molar-refractivity contribution in [2.45, 2.75) is 25.8 Å². The van der Waals surface area contributed by atoms with Gasteiger partial charge in [-0.25, -0.2) is 9.59 Å². The Balaban J connectivity index is 2.61. The zero-order valence-electron chi connectivity index (χ0n) is 12.6. The number of ether oxygens (including phenoxy) is 1. The molecule has 116 valence electrons. The average Bonchev–Trinajstić information content (AvgIpc) is 2.50. The number of carbonyl (C=O) groups excluding carboxylic acids is 2. The molecule has 0 saturated heterocycles. The molecular weight excluding hydrogens is 288 g/mol. The van der Waals surface area contributed by atoms with Crippen LogP contribution in [0.15, 0.2) is 24.3 Å². The minimum absolute atomic E-state index is 0.403. The van der Waals surface area contributed by atoms with E-state index in [1.54, 1.807) is 11.8 Å². The van der Waals surface area contributed by atoms with Crippen LogP contribution >= 0.6 is 11.8 Å². The van der Waals surface area contributed by atoms with Gasteiger partial charge in [0, 0.05) is 5.69 Å². The minimum Gasteiger partial charge on any atom is -0.467 e. The molecule has 0 radical (unpaired) electrons. The fourth-order valence-electron chi connectivity index (χ4n) is 1.82. The molecule has 0 fully saturated rings. The van der Waals surface area contributed by atoms with Crippen molar-refractivity contribution in [2.24, 2.45) is 0 Å². The Bertz CT molecular complexity index is 480. The summed E-state index contributed by atoms with van der Waals surface area (Å²) >= 11 is 1.61. The van der Waals surface area contributed by atoms with Crippen LogP contribution < -0.4 is 10.6 Å². The SMILES string of the molecule is CCc1cccc(NC(=O)NC(CCSC)C(=O)OC)c1. The van der Waals surface area contributed by atoms with E-state index in [0.29, 0.717) is 12.1 Å². The molecule has 2 amide bonds. The van der Waals surface area contributed by atoms with Gasteiger partial charge in [0.25, 0.3) is 0 Å². The summed E-state index contributed by atoms with van der Waals surface area (Å²) in [6.45, 7) is 2.05. The van der Waals surface area contributed by atoms with Gasteiger partial charge >= 0.3 is 12.0 Å². The lowest BCUT2D eigenvalue weighted by Gasteiger charge is -2.16. The lowest BCUT2D eigenvalue weighted by molar-refractivity contribution is -0.142. The molecule has 0 aliphatic rings. The third kappa shape index (κ3) is 6.08. The van der Waals surface area contributed by atoms with Gasteiger partial charge in [0.15, 0.2) is 0 Å². The molecule has 1 aromatic carbocycles. The Morgan fingerprint density at radius 2 is 2.14 bits per heavy atom. The molecule has 0 aliphatic carbocycles. The zero-order valence-corrected chi connectivity index (χ0v) is 13.5. The lowest BCUT2D eigenvalue weighted by Crippen LogP contribution is -2.44. The summed E-state index contributed by atoms with van der Waals surface area (Å²) in [7, 11) is 1.32. The molecule has 0 aliphatic heterocycles. The van der Waals surface area contributed by atoms with Crippen molar-refractivity contribution in [3.8, 4) is 0 Å². The van der Waals surface area contributed by atoms with E-state index in [0.717, 1.165) is 17.7 Å². The molecule has 2 N–H and O–H groups in total. The van der Waals surface area contributed by atoms with Gasteiger partial charge in [-0.1, -0.05) is 19.1 Å². The Morgan fingerprint density at radius 3 is 2.76 bits per heavy atom. The van der Waals surface area contributed by atoms with E-state index in [1.165, 1.54) is 7.11 Å². The van der Waals surface area contributed by atoms with E-state index in [1.807, 2.05) is 30.5 Å². The fraction of sp³-hybridized carbons (Fsp3) is 0.467. The van der Waals surface area contributed by atoms with E-state index in [9.17, 15) is 9.59 Å². The molecule has 1 atom stereocenters. The summed E-state index contributed by atoms with van der Waals surface area (Å²) < 4.78 is 4.71. The van der Waals surface area contributed by atoms with Crippen LogP contribution in [-0.4, -0.2) is 37.2 Å². The quantitative estimate of drug-likeness (QED) is 0.760. The monoisotopic (exact) mass is 310 g/mol. The maximum Gasteiger partial charge on any atom is 0.328 e. The highest BCUT2D eigenvalue weighted by atomic mass is 32.2. The molecule has 0 bridgehead atoms. The van der Waals surface area contributed by atoms with E-state index in [2.05, 4.69) is 17.6 Å². The standard InChI is InChI=1S/C15H22N2O3S/c1-4-11-6-5-7-12(10-11)16-15(19)17-13(8-9-21-3)14(18)20-2/h5-7,10,13H,4,8-9H2,1-3H3,(H2,16,17,19). The largest absolute Gasteiger partial charge is 0.467 e. The van der Waals surface area contributed by atoms with Crippen molar-refractivity contribution in [1.29, 1.82) is 0 Å². The number of carbonyl (C=O) groups is 2. The molecule has 6 heteroatoms. The second-order valence-electron chi connectivity index (χ2n) is 4.51. The Hall–Kier alpha value is -1.69. The third-order valence-corrected chi connectivity index (χ3v) is 3.64. The van der Waals surface area contributed by atoms with Crippen LogP contribution in [0.3, 0.4) is 0 Å². The predicted octanol–water partition coefficient (Wildman–Crippen LogP) is 2.67. The van der Waals surface area contributed by atoms with Crippen LogP contribution in [0.5, 0.6) is 0 Å². The number of benzene rings is 1. The van der Waals surface area contributed by atoms with Crippen LogP contribution in [0, 0.1) is 0 Å². The van der Waals surface area contributed by atoms with Gasteiger partial charge in [-0.15, -0.1) is 0 Å². The van der Waals surface area contributed by atoms with E-state index < -0.39 is 18.0 Å². The van der Waals surface area contributed by atoms with Crippen molar-refractivity contribution in [2.75, 3.05) is 24.4 Å². The van der Waals surface area contributed by atoms with Crippen LogP contribution in [0.1, 0.15) is 18.9 Å². The van der Waals surface area contributed by atoms with Crippen LogP contribution in [0.4, 0.5) is 10.5 Å². The zero-order chi connectivity index (χ0) is 15.7. The number of aryl methyl sites for hydroxylation is 1. The van der Waals surface area contributed by atoms with Gasteiger partial charge in [0.05, 0.1) is 7.11 Å². The first-order valence-electron chi connectivity index (χ1n) is 6.84. The summed E-state index contributed by atoms with van der Waals surface area (Å²) in [5, 5.41) is 5.39. The molecule has 0 heterocycles. The number of thioether (sulfide) groups is 1. The molecule has 0 saturated carbocycles. The van der Waals surface area contributed by atoms with Gasteiger partial charge in [-0.05, 0) is 42.5 Å². The van der Waals surface area contributed by atoms with Crippen LogP contribution in [-0.2, 0) is 16.0 Å². The number of hydrogen-bond donors (Lipinski definition) is 2. The molecule has 0 aromatic heterocycles. The Labute approximate surface area is 129 Å². The van der Waals surface area contributed by atoms with Crippen molar-refractivity contribution < 1.29 is 14.3 Å². The second-order valence-corrected chi connectivity index (χ2v) is 5.50. The minimum atomic E-state index is -0.628. The lowest BCUT2D eigenvalue weighted by atomic mass is 10.1. The molecule has 21 heavy (non-hydrogen) atoms. The first kappa shape index (κ1) is 17.4. The molecule has 1 rings (SSSR count). The third-order valence-electron chi connectivity index (χ3n) is 2.99. The number of methoxy groups -OCH3 is 1. The van der Waals surface area contributed by atoms with Gasteiger partial charge in [0.1, 0.15) is 6.04 Å². The first-order chi connectivity index (χ1) is 10.1. The number of nitrogens with one attached hydrogen (secondary N) is 2. The van der Waals surface area contributed by atoms with E-state index in [4.69, 9.17) is 4.74 Å². The summed E-state index contributed by atoms with van der Waals surface area (Å²) in [6.07, 6.45) is 3.39. The Morgan fingerprint density at radius 1 is 1.38 bits per heavy atom. The second kappa shape index (κ2) is 9.28. The first-order valence-corrected chi connectivity index (χ1v) is 8.23. The maximum absolute atomic E-state index is 12.0. The molecule has 1 aromatic rings. The number of amides is 2. The average molecular weight is 310 g/mol. The molecular formula is C15H22N2O3S. The van der Waals surface area contributed by atoms with Crippen LogP contribution in [0.25, 0.3) is 0 Å². The van der Waals surface area contributed by atoms with E-state index >= 15 is 0 Å². The number of hydrogen-bond acceptors (Lipinski definition) is 4. The van der Waals surface area contributed by atoms with Crippen molar-refractivity contribution in [3.05, 3.63) is 29.8 Å². The molecule has 1 unspecified atom stereocenters. The summed E-state index contributed by atoms with van der Waals surface area (Å²) in [4.78, 5) is 23.6. The fourth-order valence-corrected chi connectivity index (χ4v) is 2.29. The normalized spacial score (nSPS) is 11.6. The summed E-state index contributed by atoms with van der Waals surface area (Å²) in [5.41, 5.74) is 1.85. The Kier molecular flexibility index (Phi) is 7.68. The van der Waals surface area contributed by atoms with Crippen molar-refractivity contribution >= 4 is 29.4 Å². The molecule has 5 nitrogen and oxygen atoms in total.